The Morgan fingerprint density at radius 1 is 1.25 bits per heavy atom. The maximum Gasteiger partial charge on any atom is 0.317 e. The molecule has 0 unspecified atom stereocenters. The normalized spacial score (nSPS) is 14.2. The maximum absolute atomic E-state index is 12.5. The minimum Gasteiger partial charge on any atom is -0.383 e. The van der Waals surface area contributed by atoms with Crippen LogP contribution in [0.4, 0.5) is 10.6 Å². The Morgan fingerprint density at radius 2 is 2.06 bits per heavy atom. The van der Waals surface area contributed by atoms with Crippen LogP contribution in [0.3, 0.4) is 0 Å². The molecule has 0 bridgehead atoms. The highest BCUT2D eigenvalue weighted by Crippen LogP contribution is 2.30. The number of nitrogens with two attached hydrogens (primary N) is 1. The molecule has 1 saturated heterocycles. The van der Waals surface area contributed by atoms with Gasteiger partial charge in [-0.3, -0.25) is 4.98 Å². The van der Waals surface area contributed by atoms with Crippen LogP contribution in [-0.2, 0) is 11.3 Å². The lowest BCUT2D eigenvalue weighted by atomic mass is 10.1. The van der Waals surface area contributed by atoms with Gasteiger partial charge >= 0.3 is 6.03 Å². The summed E-state index contributed by atoms with van der Waals surface area (Å²) in [5.74, 6) is 0.418. The van der Waals surface area contributed by atoms with Crippen LogP contribution in [0.25, 0.3) is 27.7 Å². The topological polar surface area (TPSA) is 111 Å². The van der Waals surface area contributed by atoms with E-state index in [-0.39, 0.29) is 12.6 Å². The molecule has 1 aliphatic rings. The number of amides is 2. The number of aromatic nitrogens is 4. The van der Waals surface area contributed by atoms with Crippen LogP contribution >= 0.6 is 15.9 Å². The third-order valence-electron chi connectivity index (χ3n) is 5.54. The van der Waals surface area contributed by atoms with Gasteiger partial charge in [-0.1, -0.05) is 11.6 Å². The van der Waals surface area contributed by atoms with Crippen LogP contribution < -0.4 is 11.1 Å². The van der Waals surface area contributed by atoms with E-state index in [0.29, 0.717) is 47.9 Å². The molecule has 2 amide bonds. The summed E-state index contributed by atoms with van der Waals surface area (Å²) in [6.07, 6.45) is 3.55. The van der Waals surface area contributed by atoms with Crippen LogP contribution in [-0.4, -0.2) is 56.8 Å². The lowest BCUT2D eigenvalue weighted by Crippen LogP contribution is -2.46. The van der Waals surface area contributed by atoms with Gasteiger partial charge in [0.2, 0.25) is 0 Å². The number of anilines is 1. The van der Waals surface area contributed by atoms with Crippen LogP contribution in [0.5, 0.6) is 0 Å². The van der Waals surface area contributed by atoms with E-state index < -0.39 is 0 Å². The molecule has 4 heterocycles. The Labute approximate surface area is 192 Å². The van der Waals surface area contributed by atoms with Crippen LogP contribution in [0.1, 0.15) is 11.3 Å². The minimum absolute atomic E-state index is 0.150. The van der Waals surface area contributed by atoms with E-state index >= 15 is 0 Å². The average Bonchev–Trinajstić information content (AvgIpc) is 3.24. The maximum atomic E-state index is 12.5. The Balaban J connectivity index is 1.49. The molecule has 0 atom stereocenters. The first kappa shape index (κ1) is 20.7. The Hall–Kier alpha value is -3.24. The lowest BCUT2D eigenvalue weighted by Gasteiger charge is -2.27. The number of aryl methyl sites for hydroxylation is 1. The van der Waals surface area contributed by atoms with Crippen molar-refractivity contribution in [1.82, 2.24) is 29.8 Å². The van der Waals surface area contributed by atoms with Crippen LogP contribution in [0, 0.1) is 6.92 Å². The van der Waals surface area contributed by atoms with E-state index in [1.807, 2.05) is 18.3 Å². The molecule has 5 rings (SSSR count). The number of hydrogen-bond acceptors (Lipinski definition) is 6. The second kappa shape index (κ2) is 8.36. The number of halogens is 1. The van der Waals surface area contributed by atoms with Gasteiger partial charge in [-0.15, -0.1) is 0 Å². The molecule has 32 heavy (non-hydrogen) atoms. The number of carbonyl (C=O) groups is 1. The smallest absolute Gasteiger partial charge is 0.317 e. The number of morpholine rings is 1. The third kappa shape index (κ3) is 3.76. The van der Waals surface area contributed by atoms with E-state index in [0.717, 1.165) is 22.0 Å². The molecule has 164 valence electrons. The molecule has 3 N–H and O–H groups in total. The van der Waals surface area contributed by atoms with Crippen molar-refractivity contribution < 1.29 is 9.53 Å². The fraction of sp³-hybridized carbons (Fsp3) is 0.273. The summed E-state index contributed by atoms with van der Waals surface area (Å²) in [6, 6.07) is 8.08. The van der Waals surface area contributed by atoms with E-state index in [9.17, 15) is 4.79 Å². The van der Waals surface area contributed by atoms with E-state index in [4.69, 9.17) is 15.5 Å². The number of nitrogens with one attached hydrogen (secondary N) is 1. The average molecular weight is 496 g/mol. The Morgan fingerprint density at radius 3 is 2.88 bits per heavy atom. The summed E-state index contributed by atoms with van der Waals surface area (Å²) in [6.45, 7) is 4.53. The van der Waals surface area contributed by atoms with Crippen molar-refractivity contribution in [3.63, 3.8) is 0 Å². The summed E-state index contributed by atoms with van der Waals surface area (Å²) >= 11 is 3.51. The highest BCUT2D eigenvalue weighted by Gasteiger charge is 2.20. The molecule has 0 saturated carbocycles. The summed E-state index contributed by atoms with van der Waals surface area (Å²) in [4.78, 5) is 23.6. The monoisotopic (exact) mass is 495 g/mol. The van der Waals surface area contributed by atoms with E-state index in [1.165, 1.54) is 5.56 Å². The molecular weight excluding hydrogens is 474 g/mol. The zero-order chi connectivity index (χ0) is 22.2. The Kier molecular flexibility index (Phi) is 5.40. The first-order valence-corrected chi connectivity index (χ1v) is 11.1. The van der Waals surface area contributed by atoms with E-state index in [2.05, 4.69) is 50.4 Å². The van der Waals surface area contributed by atoms with Crippen molar-refractivity contribution in [2.24, 2.45) is 0 Å². The highest BCUT2D eigenvalue weighted by molar-refractivity contribution is 9.10. The second-order valence-electron chi connectivity index (χ2n) is 7.73. The molecule has 1 fully saturated rings. The largest absolute Gasteiger partial charge is 0.383 e. The molecule has 4 aromatic rings. The molecule has 1 aromatic carbocycles. The molecule has 0 spiro atoms. The van der Waals surface area contributed by atoms with Gasteiger partial charge < -0.3 is 20.7 Å². The predicted molar refractivity (Wildman–Crippen MR) is 125 cm³/mol. The second-order valence-corrected chi connectivity index (χ2v) is 8.52. The number of benzene rings is 1. The van der Waals surface area contributed by atoms with Gasteiger partial charge in [0.1, 0.15) is 5.82 Å². The van der Waals surface area contributed by atoms with Gasteiger partial charge in [0.25, 0.3) is 0 Å². The number of fused-ring (bicyclic) bond motifs is 2. The number of rotatable bonds is 3. The minimum atomic E-state index is -0.150. The zero-order valence-corrected chi connectivity index (χ0v) is 19.1. The van der Waals surface area contributed by atoms with Crippen LogP contribution in [0.2, 0.25) is 0 Å². The lowest BCUT2D eigenvalue weighted by molar-refractivity contribution is 0.0531. The van der Waals surface area contributed by atoms with Crippen molar-refractivity contribution in [1.29, 1.82) is 0 Å². The number of ether oxygens (including phenoxy) is 1. The fourth-order valence-electron chi connectivity index (χ4n) is 3.80. The fourth-order valence-corrected chi connectivity index (χ4v) is 4.20. The van der Waals surface area contributed by atoms with Crippen molar-refractivity contribution in [2.75, 3.05) is 32.0 Å². The standard InChI is InChI=1S/C22H22BrN7O2/c1-13-2-3-17-14(8-13)9-15(10-25-17)16-11-27-30-20(24)19(23)18(28-21(16)30)12-26-22(31)29-4-6-32-7-5-29/h2-3,8-11H,4-7,12,24H2,1H3,(H,26,31). The quantitative estimate of drug-likeness (QED) is 0.451. The molecule has 3 aromatic heterocycles. The number of pyridine rings is 1. The third-order valence-corrected chi connectivity index (χ3v) is 6.41. The zero-order valence-electron chi connectivity index (χ0n) is 17.5. The van der Waals surface area contributed by atoms with Gasteiger partial charge in [-0.05, 0) is 41.1 Å². The number of carbonyl (C=O) groups excluding carboxylic acids is 1. The van der Waals surface area contributed by atoms with E-state index in [1.54, 1.807) is 15.6 Å². The molecule has 0 radical (unpaired) electrons. The Bertz CT molecular complexity index is 1330. The summed E-state index contributed by atoms with van der Waals surface area (Å²) < 4.78 is 7.50. The SMILES string of the molecule is Cc1ccc2ncc(-c3cnn4c(N)c(Br)c(CNC(=O)N5CCOCC5)nc34)cc2c1. The van der Waals surface area contributed by atoms with Gasteiger partial charge in [0.15, 0.2) is 5.65 Å². The van der Waals surface area contributed by atoms with Crippen molar-refractivity contribution in [2.45, 2.75) is 13.5 Å². The summed E-state index contributed by atoms with van der Waals surface area (Å²) in [5.41, 5.74) is 11.4. The first-order chi connectivity index (χ1) is 15.5. The number of nitrogens with zero attached hydrogens (tertiary/aromatic N) is 5. The summed E-state index contributed by atoms with van der Waals surface area (Å²) in [7, 11) is 0. The van der Waals surface area contributed by atoms with Gasteiger partial charge in [0, 0.05) is 35.8 Å². The molecule has 1 aliphatic heterocycles. The summed E-state index contributed by atoms with van der Waals surface area (Å²) in [5, 5.41) is 8.40. The van der Waals surface area contributed by atoms with Crippen molar-refractivity contribution in [3.8, 4) is 11.1 Å². The highest BCUT2D eigenvalue weighted by atomic mass is 79.9. The number of nitrogen functional groups attached to an aromatic ring is 1. The number of hydrogen-bond donors (Lipinski definition) is 2. The predicted octanol–water partition coefficient (Wildman–Crippen LogP) is 3.14. The van der Waals surface area contributed by atoms with Gasteiger partial charge in [-0.2, -0.15) is 9.61 Å². The van der Waals surface area contributed by atoms with Crippen molar-refractivity contribution in [3.05, 3.63) is 52.4 Å². The number of urea groups is 1. The van der Waals surface area contributed by atoms with Gasteiger partial charge in [-0.25, -0.2) is 9.78 Å². The molecule has 9 nitrogen and oxygen atoms in total. The van der Waals surface area contributed by atoms with Crippen LogP contribution in [0.15, 0.2) is 41.1 Å². The van der Waals surface area contributed by atoms with Gasteiger partial charge in [0.05, 0.1) is 41.6 Å². The first-order valence-electron chi connectivity index (χ1n) is 10.3. The molecule has 0 aliphatic carbocycles. The molecular formula is C22H22BrN7O2. The molecule has 10 heteroatoms. The van der Waals surface area contributed by atoms with Crippen molar-refractivity contribution >= 4 is 44.3 Å².